The molecule has 0 aromatic rings. The van der Waals surface area contributed by atoms with Crippen LogP contribution in [0.5, 0.6) is 0 Å². The van der Waals surface area contributed by atoms with Gasteiger partial charge in [0, 0.05) is 12.5 Å². The Morgan fingerprint density at radius 1 is 1.38 bits per heavy atom. The third-order valence-corrected chi connectivity index (χ3v) is 2.90. The van der Waals surface area contributed by atoms with E-state index in [1.165, 1.54) is 32.1 Å². The van der Waals surface area contributed by atoms with Crippen molar-refractivity contribution in [1.29, 1.82) is 0 Å². The molecule has 0 bridgehead atoms. The highest BCUT2D eigenvalue weighted by molar-refractivity contribution is 5.82. The van der Waals surface area contributed by atoms with E-state index < -0.39 is 0 Å². The Morgan fingerprint density at radius 3 is 2.54 bits per heavy atom. The van der Waals surface area contributed by atoms with Crippen LogP contribution in [0.2, 0.25) is 0 Å². The first-order valence-corrected chi connectivity index (χ1v) is 5.50. The van der Waals surface area contributed by atoms with E-state index >= 15 is 0 Å². The molecule has 0 atom stereocenters. The van der Waals surface area contributed by atoms with Gasteiger partial charge in [0.05, 0.1) is 5.84 Å². The lowest BCUT2D eigenvalue weighted by Gasteiger charge is -2.07. The zero-order valence-corrected chi connectivity index (χ0v) is 8.92. The molecule has 13 heavy (non-hydrogen) atoms. The molecule has 0 heterocycles. The van der Waals surface area contributed by atoms with Gasteiger partial charge in [-0.25, -0.2) is 0 Å². The fourth-order valence-electron chi connectivity index (χ4n) is 1.86. The van der Waals surface area contributed by atoms with E-state index in [4.69, 9.17) is 5.73 Å². The Balaban J connectivity index is 2.15. The van der Waals surface area contributed by atoms with Crippen molar-refractivity contribution in [2.75, 3.05) is 6.54 Å². The van der Waals surface area contributed by atoms with Crippen LogP contribution < -0.4 is 5.73 Å². The molecular weight excluding hydrogens is 160 g/mol. The van der Waals surface area contributed by atoms with Gasteiger partial charge in [-0.3, -0.25) is 4.99 Å². The average molecular weight is 182 g/mol. The summed E-state index contributed by atoms with van der Waals surface area (Å²) >= 11 is 0. The van der Waals surface area contributed by atoms with Gasteiger partial charge in [0.15, 0.2) is 0 Å². The van der Waals surface area contributed by atoms with Crippen LogP contribution in [-0.2, 0) is 0 Å². The van der Waals surface area contributed by atoms with Crippen molar-refractivity contribution in [3.05, 3.63) is 0 Å². The average Bonchev–Trinajstić information content (AvgIpc) is 2.56. The highest BCUT2D eigenvalue weighted by atomic mass is 14.9. The molecule has 2 nitrogen and oxygen atoms in total. The molecule has 1 rings (SSSR count). The second kappa shape index (κ2) is 5.25. The fourth-order valence-corrected chi connectivity index (χ4v) is 1.86. The summed E-state index contributed by atoms with van der Waals surface area (Å²) in [4.78, 5) is 4.38. The Kier molecular flexibility index (Phi) is 4.26. The molecule has 0 spiro atoms. The minimum absolute atomic E-state index is 0.406. The maximum absolute atomic E-state index is 5.75. The highest BCUT2D eigenvalue weighted by Crippen LogP contribution is 2.27. The number of nitrogens with zero attached hydrogens (tertiary/aromatic N) is 1. The summed E-state index contributed by atoms with van der Waals surface area (Å²) in [6.45, 7) is 5.12. The summed E-state index contributed by atoms with van der Waals surface area (Å²) in [6, 6.07) is 0. The normalized spacial score (nSPS) is 20.1. The lowest BCUT2D eigenvalue weighted by Crippen LogP contribution is -2.19. The number of nitrogens with two attached hydrogens (primary N) is 1. The van der Waals surface area contributed by atoms with Gasteiger partial charge in [-0.05, 0) is 12.3 Å². The van der Waals surface area contributed by atoms with Crippen LogP contribution in [0.25, 0.3) is 0 Å². The zero-order chi connectivity index (χ0) is 9.68. The minimum atomic E-state index is 0.406. The summed E-state index contributed by atoms with van der Waals surface area (Å²) in [6.07, 6.45) is 6.92. The van der Waals surface area contributed by atoms with Gasteiger partial charge in [-0.1, -0.05) is 39.5 Å². The molecule has 1 aliphatic carbocycles. The molecule has 1 aliphatic rings. The third kappa shape index (κ3) is 3.79. The molecule has 0 aliphatic heterocycles. The summed E-state index contributed by atoms with van der Waals surface area (Å²) in [5.74, 6) is 2.16. The van der Waals surface area contributed by atoms with Crippen LogP contribution in [0.15, 0.2) is 4.99 Å². The smallest absolute Gasteiger partial charge is 0.0962 e. The molecule has 0 aromatic heterocycles. The van der Waals surface area contributed by atoms with Crippen molar-refractivity contribution in [2.45, 2.75) is 46.0 Å². The largest absolute Gasteiger partial charge is 0.387 e. The van der Waals surface area contributed by atoms with Gasteiger partial charge in [-0.15, -0.1) is 0 Å². The molecule has 2 heteroatoms. The molecule has 0 amide bonds. The van der Waals surface area contributed by atoms with Crippen LogP contribution in [0.4, 0.5) is 0 Å². The molecule has 0 saturated heterocycles. The predicted octanol–water partition coefficient (Wildman–Crippen LogP) is 2.58. The monoisotopic (exact) mass is 182 g/mol. The van der Waals surface area contributed by atoms with Gasteiger partial charge >= 0.3 is 0 Å². The number of aliphatic imine (C=N–C) groups is 1. The molecule has 2 N–H and O–H groups in total. The molecule has 1 fully saturated rings. The maximum Gasteiger partial charge on any atom is 0.0962 e. The topological polar surface area (TPSA) is 38.4 Å². The number of hydrogen-bond donors (Lipinski definition) is 1. The first-order valence-electron chi connectivity index (χ1n) is 5.50. The van der Waals surface area contributed by atoms with E-state index in [9.17, 15) is 0 Å². The molecular formula is C11H22N2. The highest BCUT2D eigenvalue weighted by Gasteiger charge is 2.13. The number of rotatable bonds is 4. The Morgan fingerprint density at radius 2 is 2.00 bits per heavy atom. The Labute approximate surface area is 81.6 Å². The molecule has 1 saturated carbocycles. The SMILES string of the molecule is CC(C)C(N)=NCCC1CCCC1. The Bertz CT molecular complexity index is 167. The van der Waals surface area contributed by atoms with E-state index in [2.05, 4.69) is 18.8 Å². The van der Waals surface area contributed by atoms with Crippen LogP contribution in [0.3, 0.4) is 0 Å². The van der Waals surface area contributed by atoms with E-state index in [0.29, 0.717) is 5.92 Å². The number of amidine groups is 1. The standard InChI is InChI=1S/C11H22N2/c1-9(2)11(12)13-8-7-10-5-3-4-6-10/h9-10H,3-8H2,1-2H3,(H2,12,13). The van der Waals surface area contributed by atoms with Gasteiger partial charge in [-0.2, -0.15) is 0 Å². The lowest BCUT2D eigenvalue weighted by molar-refractivity contribution is 0.511. The summed E-state index contributed by atoms with van der Waals surface area (Å²) in [5, 5.41) is 0. The van der Waals surface area contributed by atoms with Crippen LogP contribution in [0, 0.1) is 11.8 Å². The molecule has 0 unspecified atom stereocenters. The summed E-state index contributed by atoms with van der Waals surface area (Å²) in [5.41, 5.74) is 5.75. The second-order valence-corrected chi connectivity index (χ2v) is 4.40. The van der Waals surface area contributed by atoms with Gasteiger partial charge in [0.25, 0.3) is 0 Å². The lowest BCUT2D eigenvalue weighted by atomic mass is 10.0. The first-order chi connectivity index (χ1) is 6.20. The van der Waals surface area contributed by atoms with Crippen molar-refractivity contribution in [2.24, 2.45) is 22.6 Å². The van der Waals surface area contributed by atoms with Crippen molar-refractivity contribution >= 4 is 5.84 Å². The van der Waals surface area contributed by atoms with Crippen LogP contribution in [0.1, 0.15) is 46.0 Å². The van der Waals surface area contributed by atoms with Gasteiger partial charge in [0.1, 0.15) is 0 Å². The quantitative estimate of drug-likeness (QED) is 0.526. The van der Waals surface area contributed by atoms with E-state index in [-0.39, 0.29) is 0 Å². The zero-order valence-electron chi connectivity index (χ0n) is 8.92. The summed E-state index contributed by atoms with van der Waals surface area (Å²) in [7, 11) is 0. The molecule has 0 aromatic carbocycles. The van der Waals surface area contributed by atoms with Crippen LogP contribution in [-0.4, -0.2) is 12.4 Å². The number of hydrogen-bond acceptors (Lipinski definition) is 1. The van der Waals surface area contributed by atoms with Gasteiger partial charge < -0.3 is 5.73 Å². The second-order valence-electron chi connectivity index (χ2n) is 4.40. The summed E-state index contributed by atoms with van der Waals surface area (Å²) < 4.78 is 0. The molecule has 0 radical (unpaired) electrons. The third-order valence-electron chi connectivity index (χ3n) is 2.90. The Hall–Kier alpha value is -0.530. The first kappa shape index (κ1) is 10.6. The van der Waals surface area contributed by atoms with E-state index in [1.807, 2.05) is 0 Å². The molecule has 76 valence electrons. The fraction of sp³-hybridized carbons (Fsp3) is 0.909. The van der Waals surface area contributed by atoms with Crippen molar-refractivity contribution in [1.82, 2.24) is 0 Å². The maximum atomic E-state index is 5.75. The van der Waals surface area contributed by atoms with Crippen molar-refractivity contribution < 1.29 is 0 Å². The van der Waals surface area contributed by atoms with Crippen LogP contribution >= 0.6 is 0 Å². The predicted molar refractivity (Wildman–Crippen MR) is 57.9 cm³/mol. The van der Waals surface area contributed by atoms with Gasteiger partial charge in [0.2, 0.25) is 0 Å². The van der Waals surface area contributed by atoms with Crippen molar-refractivity contribution in [3.8, 4) is 0 Å². The van der Waals surface area contributed by atoms with Crippen molar-refractivity contribution in [3.63, 3.8) is 0 Å². The minimum Gasteiger partial charge on any atom is -0.387 e. The van der Waals surface area contributed by atoms with E-state index in [0.717, 1.165) is 18.3 Å². The van der Waals surface area contributed by atoms with E-state index in [1.54, 1.807) is 0 Å².